The lowest BCUT2D eigenvalue weighted by atomic mass is 9.79. The van der Waals surface area contributed by atoms with Gasteiger partial charge in [-0.15, -0.1) is 6.42 Å². The molecule has 0 atom stereocenters. The van der Waals surface area contributed by atoms with E-state index in [1.54, 1.807) is 0 Å². The Kier molecular flexibility index (Phi) is 8.76. The van der Waals surface area contributed by atoms with Crippen molar-refractivity contribution in [3.8, 4) is 12.3 Å². The van der Waals surface area contributed by atoms with E-state index in [0.717, 1.165) is 12.2 Å². The minimum absolute atomic E-state index is 0.0409. The second-order valence-electron chi connectivity index (χ2n) is 13.3. The van der Waals surface area contributed by atoms with Crippen molar-refractivity contribution < 1.29 is 9.37 Å². The Labute approximate surface area is 279 Å². The number of amides is 1. The van der Waals surface area contributed by atoms with E-state index in [2.05, 4.69) is 171 Å². The summed E-state index contributed by atoms with van der Waals surface area (Å²) in [5.74, 6) is 2.45. The van der Waals surface area contributed by atoms with Crippen LogP contribution >= 0.6 is 0 Å². The van der Waals surface area contributed by atoms with Crippen LogP contribution in [0.15, 0.2) is 121 Å². The molecule has 0 unspecified atom stereocenters. The molecule has 2 aliphatic rings. The maximum atomic E-state index is 12.5. The first-order valence-electron chi connectivity index (χ1n) is 16.6. The summed E-state index contributed by atoms with van der Waals surface area (Å²) in [6, 6.07) is 26.1. The van der Waals surface area contributed by atoms with Gasteiger partial charge in [0.25, 0.3) is 0 Å². The van der Waals surface area contributed by atoms with Gasteiger partial charge < -0.3 is 10.2 Å². The van der Waals surface area contributed by atoms with Crippen LogP contribution in [0, 0.1) is 12.3 Å². The Morgan fingerprint density at radius 3 is 2.17 bits per heavy atom. The molecule has 4 aromatic carbocycles. The third-order valence-corrected chi connectivity index (χ3v) is 9.73. The molecule has 4 aromatic rings. The number of hydrogen-bond acceptors (Lipinski definition) is 2. The highest BCUT2D eigenvalue weighted by molar-refractivity contribution is 6.07. The summed E-state index contributed by atoms with van der Waals surface area (Å²) in [6.45, 7) is 13.2. The molecule has 0 saturated heterocycles. The number of terminal acetylenes is 1. The molecule has 0 aliphatic carbocycles. The Balaban J connectivity index is 1.26. The fourth-order valence-corrected chi connectivity index (χ4v) is 7.59. The summed E-state index contributed by atoms with van der Waals surface area (Å²) in [7, 11) is 0. The molecule has 236 valence electrons. The number of hydrogen-bond donors (Lipinski definition) is 1. The summed E-state index contributed by atoms with van der Waals surface area (Å²) < 4.78 is 2.30. The summed E-state index contributed by atoms with van der Waals surface area (Å²) in [5, 5.41) is 7.89. The number of nitrogens with zero attached hydrogens (tertiary/aromatic N) is 2. The van der Waals surface area contributed by atoms with Crippen LogP contribution in [-0.2, 0) is 15.6 Å². The predicted molar refractivity (Wildman–Crippen MR) is 199 cm³/mol. The number of likely N-dealkylation sites (N-methyl/N-ethyl adjacent to an activating group) is 1. The number of benzene rings is 4. The standard InChI is InChI=1S/C43H43N3O/c1-7-29-44-39(47)28-30-46-36-27-25-32-19-15-17-21-34(32)41(36)43(5,6)38(46)23-13-11-9-10-12-22-37-42(3,4)40-33-20-16-14-18-31(33)24-26-35(40)45(37)8-2/h1,9-27H,8,28-30H2,2-6H3/p+1. The zero-order valence-corrected chi connectivity index (χ0v) is 28.2. The van der Waals surface area contributed by atoms with E-state index >= 15 is 0 Å². The number of carbonyl (C=O) groups is 1. The van der Waals surface area contributed by atoms with Crippen LogP contribution in [0.1, 0.15) is 52.2 Å². The van der Waals surface area contributed by atoms with Gasteiger partial charge in [-0.25, -0.2) is 0 Å². The molecule has 1 N–H and O–H groups in total. The van der Waals surface area contributed by atoms with Gasteiger partial charge in [-0.05, 0) is 66.1 Å². The SMILES string of the molecule is C#CCNC(=O)CC[N+]1=C(C=CC=CC=C/C=C2/N(CC)c3ccc4ccccc4c3C2(C)C)C(C)(C)c2c1ccc1ccccc21. The first-order chi connectivity index (χ1) is 22.7. The van der Waals surface area contributed by atoms with Crippen molar-refractivity contribution in [1.29, 1.82) is 0 Å². The molecule has 47 heavy (non-hydrogen) atoms. The van der Waals surface area contributed by atoms with E-state index < -0.39 is 0 Å². The molecule has 6 rings (SSSR count). The third-order valence-electron chi connectivity index (χ3n) is 9.73. The quantitative estimate of drug-likeness (QED) is 0.116. The minimum Gasteiger partial charge on any atom is -0.345 e. The predicted octanol–water partition coefficient (Wildman–Crippen LogP) is 8.88. The highest BCUT2D eigenvalue weighted by atomic mass is 16.1. The van der Waals surface area contributed by atoms with Crippen molar-refractivity contribution in [2.75, 3.05) is 24.5 Å². The van der Waals surface area contributed by atoms with Gasteiger partial charge in [0.15, 0.2) is 12.3 Å². The monoisotopic (exact) mass is 618 g/mol. The summed E-state index contributed by atoms with van der Waals surface area (Å²) in [5.41, 5.74) is 7.28. The average molecular weight is 619 g/mol. The van der Waals surface area contributed by atoms with Crippen LogP contribution in [-0.4, -0.2) is 35.8 Å². The number of fused-ring (bicyclic) bond motifs is 6. The molecular weight excluding hydrogens is 574 g/mol. The fraction of sp³-hybridized carbons (Fsp3) is 0.256. The maximum Gasteiger partial charge on any atom is 0.227 e. The first-order valence-corrected chi connectivity index (χ1v) is 16.6. The minimum atomic E-state index is -0.243. The van der Waals surface area contributed by atoms with Gasteiger partial charge in [0, 0.05) is 41.1 Å². The molecule has 4 nitrogen and oxygen atoms in total. The Hall–Kier alpha value is -5.14. The lowest BCUT2D eigenvalue weighted by Gasteiger charge is -2.26. The molecule has 0 aromatic heterocycles. The van der Waals surface area contributed by atoms with E-state index in [1.165, 1.54) is 49.8 Å². The van der Waals surface area contributed by atoms with E-state index in [-0.39, 0.29) is 23.3 Å². The maximum absolute atomic E-state index is 12.5. The zero-order valence-electron chi connectivity index (χ0n) is 28.2. The van der Waals surface area contributed by atoms with Crippen LogP contribution < -0.4 is 10.2 Å². The molecule has 0 fully saturated rings. The van der Waals surface area contributed by atoms with E-state index in [9.17, 15) is 4.79 Å². The highest BCUT2D eigenvalue weighted by Gasteiger charge is 2.45. The van der Waals surface area contributed by atoms with Crippen molar-refractivity contribution in [3.63, 3.8) is 0 Å². The van der Waals surface area contributed by atoms with Crippen molar-refractivity contribution in [2.24, 2.45) is 0 Å². The summed E-state index contributed by atoms with van der Waals surface area (Å²) in [4.78, 5) is 15.0. The molecule has 0 spiro atoms. The van der Waals surface area contributed by atoms with Gasteiger partial charge >= 0.3 is 0 Å². The largest absolute Gasteiger partial charge is 0.345 e. The van der Waals surface area contributed by atoms with E-state index in [0.29, 0.717) is 13.0 Å². The van der Waals surface area contributed by atoms with Gasteiger partial charge in [-0.3, -0.25) is 4.79 Å². The van der Waals surface area contributed by atoms with Crippen LogP contribution in [0.3, 0.4) is 0 Å². The highest BCUT2D eigenvalue weighted by Crippen LogP contribution is 2.50. The van der Waals surface area contributed by atoms with Crippen LogP contribution in [0.25, 0.3) is 21.5 Å². The van der Waals surface area contributed by atoms with Crippen molar-refractivity contribution >= 4 is 44.5 Å². The number of nitrogens with one attached hydrogen (secondary N) is 1. The lowest BCUT2D eigenvalue weighted by Crippen LogP contribution is -2.30. The van der Waals surface area contributed by atoms with E-state index in [4.69, 9.17) is 6.42 Å². The van der Waals surface area contributed by atoms with Gasteiger partial charge in [-0.1, -0.05) is 105 Å². The topological polar surface area (TPSA) is 35.4 Å². The Morgan fingerprint density at radius 2 is 1.47 bits per heavy atom. The summed E-state index contributed by atoms with van der Waals surface area (Å²) >= 11 is 0. The lowest BCUT2D eigenvalue weighted by molar-refractivity contribution is -0.436. The zero-order chi connectivity index (χ0) is 33.2. The number of allylic oxidation sites excluding steroid dienone is 8. The number of rotatable bonds is 9. The van der Waals surface area contributed by atoms with Crippen LogP contribution in [0.2, 0.25) is 0 Å². The molecule has 0 saturated carbocycles. The smallest absolute Gasteiger partial charge is 0.227 e. The molecule has 2 heterocycles. The Morgan fingerprint density at radius 1 is 0.830 bits per heavy atom. The normalized spacial score (nSPS) is 17.4. The van der Waals surface area contributed by atoms with Crippen molar-refractivity contribution in [1.82, 2.24) is 5.32 Å². The molecule has 4 heteroatoms. The second kappa shape index (κ2) is 12.9. The first kappa shape index (κ1) is 31.8. The van der Waals surface area contributed by atoms with Gasteiger partial charge in [-0.2, -0.15) is 4.58 Å². The molecule has 0 radical (unpaired) electrons. The number of carbonyl (C=O) groups excluding carboxylic acids is 1. The molecule has 0 bridgehead atoms. The van der Waals surface area contributed by atoms with Gasteiger partial charge in [0.1, 0.15) is 0 Å². The second-order valence-corrected chi connectivity index (χ2v) is 13.3. The van der Waals surface area contributed by atoms with E-state index in [1.807, 2.05) is 0 Å². The number of anilines is 1. The van der Waals surface area contributed by atoms with Crippen LogP contribution in [0.5, 0.6) is 0 Å². The average Bonchev–Trinajstić information content (AvgIpc) is 3.44. The fourth-order valence-electron chi connectivity index (χ4n) is 7.59. The summed E-state index contributed by atoms with van der Waals surface area (Å²) in [6.07, 6.45) is 20.7. The van der Waals surface area contributed by atoms with Gasteiger partial charge in [0.05, 0.1) is 18.4 Å². The van der Waals surface area contributed by atoms with Crippen LogP contribution in [0.4, 0.5) is 11.4 Å². The molecule has 1 amide bonds. The van der Waals surface area contributed by atoms with Crippen molar-refractivity contribution in [2.45, 2.75) is 51.9 Å². The van der Waals surface area contributed by atoms with Crippen molar-refractivity contribution in [3.05, 3.63) is 132 Å². The molecular formula is C43H44N3O+. The van der Waals surface area contributed by atoms with Gasteiger partial charge in [0.2, 0.25) is 11.6 Å². The molecule has 2 aliphatic heterocycles. The third kappa shape index (κ3) is 5.72. The Bertz CT molecular complexity index is 2060.